The van der Waals surface area contributed by atoms with E-state index >= 15 is 0 Å². The van der Waals surface area contributed by atoms with Gasteiger partial charge in [0.25, 0.3) is 0 Å². The lowest BCUT2D eigenvalue weighted by Crippen LogP contribution is -2.43. The van der Waals surface area contributed by atoms with Crippen molar-refractivity contribution < 1.29 is 9.53 Å². The van der Waals surface area contributed by atoms with E-state index in [2.05, 4.69) is 31.9 Å². The van der Waals surface area contributed by atoms with Gasteiger partial charge in [0.2, 0.25) is 5.91 Å². The van der Waals surface area contributed by atoms with Crippen LogP contribution in [0, 0.1) is 0 Å². The average molecular weight is 529 g/mol. The number of anilines is 1. The molecule has 168 valence electrons. The Morgan fingerprint density at radius 2 is 1.97 bits per heavy atom. The van der Waals surface area contributed by atoms with Crippen LogP contribution in [0.1, 0.15) is 44.1 Å². The number of morpholine rings is 1. The van der Waals surface area contributed by atoms with Crippen molar-refractivity contribution in [1.82, 2.24) is 15.5 Å². The summed E-state index contributed by atoms with van der Waals surface area (Å²) >= 11 is 0. The summed E-state index contributed by atoms with van der Waals surface area (Å²) in [6.07, 6.45) is 6.86. The van der Waals surface area contributed by atoms with E-state index < -0.39 is 0 Å². The molecule has 2 aliphatic rings. The molecule has 0 bridgehead atoms. The topological polar surface area (TPSA) is 78.0 Å². The molecule has 1 amide bonds. The Bertz CT molecular complexity index is 673. The zero-order valence-electron chi connectivity index (χ0n) is 18.0. The fraction of sp³-hybridized carbons (Fsp3) is 0.636. The number of ether oxygens (including phenoxy) is 1. The van der Waals surface area contributed by atoms with E-state index in [1.807, 2.05) is 25.2 Å². The number of nitrogens with one attached hydrogen (secondary N) is 3. The highest BCUT2D eigenvalue weighted by Crippen LogP contribution is 2.17. The molecule has 3 rings (SSSR count). The number of carbonyl (C=O) groups excluding carboxylic acids is 1. The number of hydrogen-bond donors (Lipinski definition) is 3. The molecule has 0 atom stereocenters. The molecule has 3 N–H and O–H groups in total. The standard InChI is InChI=1S/C22H35N5O2.HI/c1-23-22(26-19-7-3-2-4-8-19)24-17-18-6-5-9-20(16-18)25-21(28)10-11-27-12-14-29-15-13-27;/h5-6,9,16,19H,2-4,7-8,10-15,17H2,1H3,(H,25,28)(H2,23,24,26);1H. The van der Waals surface area contributed by atoms with E-state index in [0.717, 1.165) is 50.1 Å². The van der Waals surface area contributed by atoms with Crippen LogP contribution in [0.5, 0.6) is 0 Å². The maximum atomic E-state index is 12.3. The zero-order chi connectivity index (χ0) is 20.3. The number of nitrogens with zero attached hydrogens (tertiary/aromatic N) is 2. The van der Waals surface area contributed by atoms with Crippen LogP contribution in [0.2, 0.25) is 0 Å². The van der Waals surface area contributed by atoms with Gasteiger partial charge in [0.05, 0.1) is 13.2 Å². The van der Waals surface area contributed by atoms with Crippen LogP contribution < -0.4 is 16.0 Å². The Hall–Kier alpha value is -1.39. The Morgan fingerprint density at radius 1 is 1.20 bits per heavy atom. The van der Waals surface area contributed by atoms with Crippen molar-refractivity contribution in [2.24, 2.45) is 4.99 Å². The number of aliphatic imine (C=N–C) groups is 1. The van der Waals surface area contributed by atoms with E-state index in [1.54, 1.807) is 0 Å². The molecule has 1 heterocycles. The van der Waals surface area contributed by atoms with Gasteiger partial charge in [-0.15, -0.1) is 24.0 Å². The molecule has 0 unspecified atom stereocenters. The average Bonchev–Trinajstić information content (AvgIpc) is 2.77. The number of amides is 1. The van der Waals surface area contributed by atoms with Crippen LogP contribution in [-0.2, 0) is 16.1 Å². The lowest BCUT2D eigenvalue weighted by molar-refractivity contribution is -0.116. The molecular formula is C22H36IN5O2. The van der Waals surface area contributed by atoms with Gasteiger partial charge in [-0.2, -0.15) is 0 Å². The molecule has 1 aliphatic carbocycles. The van der Waals surface area contributed by atoms with Crippen molar-refractivity contribution in [1.29, 1.82) is 0 Å². The smallest absolute Gasteiger partial charge is 0.225 e. The Labute approximate surface area is 197 Å². The Balaban J connectivity index is 0.00000320. The number of guanidine groups is 1. The normalized spacial score (nSPS) is 18.4. The van der Waals surface area contributed by atoms with Crippen LogP contribution in [0.3, 0.4) is 0 Å². The fourth-order valence-corrected chi connectivity index (χ4v) is 3.89. The van der Waals surface area contributed by atoms with Gasteiger partial charge in [-0.1, -0.05) is 31.4 Å². The summed E-state index contributed by atoms with van der Waals surface area (Å²) < 4.78 is 5.34. The number of benzene rings is 1. The third-order valence-electron chi connectivity index (χ3n) is 5.60. The molecule has 1 aromatic rings. The van der Waals surface area contributed by atoms with Crippen molar-refractivity contribution in [2.45, 2.75) is 51.1 Å². The summed E-state index contributed by atoms with van der Waals surface area (Å²) in [6, 6.07) is 8.52. The van der Waals surface area contributed by atoms with Crippen molar-refractivity contribution >= 4 is 41.5 Å². The van der Waals surface area contributed by atoms with Crippen LogP contribution in [0.4, 0.5) is 5.69 Å². The first-order valence-electron chi connectivity index (χ1n) is 10.9. The minimum Gasteiger partial charge on any atom is -0.379 e. The van der Waals surface area contributed by atoms with E-state index in [-0.39, 0.29) is 29.9 Å². The third-order valence-corrected chi connectivity index (χ3v) is 5.60. The van der Waals surface area contributed by atoms with Crippen LogP contribution in [0.15, 0.2) is 29.3 Å². The largest absolute Gasteiger partial charge is 0.379 e. The molecule has 1 aromatic carbocycles. The van der Waals surface area contributed by atoms with E-state index in [9.17, 15) is 4.79 Å². The Morgan fingerprint density at radius 3 is 2.70 bits per heavy atom. The van der Waals surface area contributed by atoms with Gasteiger partial charge in [-0.05, 0) is 30.5 Å². The third kappa shape index (κ3) is 8.77. The van der Waals surface area contributed by atoms with Gasteiger partial charge in [0.15, 0.2) is 5.96 Å². The molecule has 2 fully saturated rings. The first-order valence-corrected chi connectivity index (χ1v) is 10.9. The lowest BCUT2D eigenvalue weighted by Gasteiger charge is -2.26. The molecule has 1 aliphatic heterocycles. The first-order chi connectivity index (χ1) is 14.2. The van der Waals surface area contributed by atoms with E-state index in [1.165, 1.54) is 32.1 Å². The van der Waals surface area contributed by atoms with Crippen molar-refractivity contribution in [3.05, 3.63) is 29.8 Å². The highest BCUT2D eigenvalue weighted by Gasteiger charge is 2.15. The van der Waals surface area contributed by atoms with Crippen LogP contribution in [-0.4, -0.2) is 62.7 Å². The number of carbonyl (C=O) groups is 1. The molecule has 1 saturated carbocycles. The number of hydrogen-bond acceptors (Lipinski definition) is 4. The minimum atomic E-state index is 0. The first kappa shape index (κ1) is 24.9. The SMILES string of the molecule is CN=C(NCc1cccc(NC(=O)CCN2CCOCC2)c1)NC1CCCCC1.I. The van der Waals surface area contributed by atoms with Crippen LogP contribution >= 0.6 is 24.0 Å². The molecule has 0 radical (unpaired) electrons. The van der Waals surface area contributed by atoms with Crippen molar-refractivity contribution in [3.8, 4) is 0 Å². The molecule has 30 heavy (non-hydrogen) atoms. The van der Waals surface area contributed by atoms with Crippen molar-refractivity contribution in [3.63, 3.8) is 0 Å². The number of halogens is 1. The maximum Gasteiger partial charge on any atom is 0.225 e. The summed E-state index contributed by atoms with van der Waals surface area (Å²) in [7, 11) is 1.81. The maximum absolute atomic E-state index is 12.3. The highest BCUT2D eigenvalue weighted by molar-refractivity contribution is 14.0. The highest BCUT2D eigenvalue weighted by atomic mass is 127. The lowest BCUT2D eigenvalue weighted by atomic mass is 9.96. The monoisotopic (exact) mass is 529 g/mol. The van der Waals surface area contributed by atoms with Gasteiger partial charge in [-0.3, -0.25) is 14.7 Å². The quantitative estimate of drug-likeness (QED) is 0.288. The fourth-order valence-electron chi connectivity index (χ4n) is 3.89. The van der Waals surface area contributed by atoms with Gasteiger partial charge in [0, 0.05) is 51.4 Å². The minimum absolute atomic E-state index is 0. The summed E-state index contributed by atoms with van der Waals surface area (Å²) in [6.45, 7) is 4.78. The van der Waals surface area contributed by atoms with E-state index in [4.69, 9.17) is 4.74 Å². The summed E-state index contributed by atoms with van der Waals surface area (Å²) in [5, 5.41) is 9.93. The van der Waals surface area contributed by atoms with Gasteiger partial charge in [0.1, 0.15) is 0 Å². The summed E-state index contributed by atoms with van der Waals surface area (Å²) in [5.74, 6) is 0.897. The second-order valence-electron chi connectivity index (χ2n) is 7.86. The van der Waals surface area contributed by atoms with Gasteiger partial charge in [-0.25, -0.2) is 0 Å². The second kappa shape index (κ2) is 13.8. The van der Waals surface area contributed by atoms with Gasteiger partial charge < -0.3 is 20.7 Å². The van der Waals surface area contributed by atoms with Crippen LogP contribution in [0.25, 0.3) is 0 Å². The molecule has 0 spiro atoms. The predicted molar refractivity (Wildman–Crippen MR) is 133 cm³/mol. The Kier molecular flexibility index (Phi) is 11.5. The zero-order valence-corrected chi connectivity index (χ0v) is 20.3. The molecule has 0 aromatic heterocycles. The van der Waals surface area contributed by atoms with E-state index in [0.29, 0.717) is 19.0 Å². The molecule has 7 nitrogen and oxygen atoms in total. The number of rotatable bonds is 7. The van der Waals surface area contributed by atoms with Crippen molar-refractivity contribution in [2.75, 3.05) is 45.2 Å². The molecule has 1 saturated heterocycles. The second-order valence-corrected chi connectivity index (χ2v) is 7.86. The summed E-state index contributed by atoms with van der Waals surface area (Å²) in [5.41, 5.74) is 1.95. The van der Waals surface area contributed by atoms with Gasteiger partial charge >= 0.3 is 0 Å². The molecular weight excluding hydrogens is 493 g/mol. The molecule has 8 heteroatoms. The summed E-state index contributed by atoms with van der Waals surface area (Å²) in [4.78, 5) is 18.9. The predicted octanol–water partition coefficient (Wildman–Crippen LogP) is 2.96.